The van der Waals surface area contributed by atoms with Crippen molar-refractivity contribution < 1.29 is 57.4 Å². The molecule has 0 rings (SSSR count). The molecule has 8 N–H and O–H groups in total. The Morgan fingerprint density at radius 2 is 1.17 bits per heavy atom. The van der Waals surface area contributed by atoms with E-state index in [4.69, 9.17) is 31.2 Å². The van der Waals surface area contributed by atoms with Gasteiger partial charge >= 0.3 is 34.9 Å². The van der Waals surface area contributed by atoms with E-state index >= 15 is 0 Å². The molecule has 0 radical (unpaired) electrons. The summed E-state index contributed by atoms with van der Waals surface area (Å²) >= 11 is 5.36. The summed E-state index contributed by atoms with van der Waals surface area (Å²) in [7, 11) is -23.7. The van der Waals surface area contributed by atoms with Gasteiger partial charge < -0.3 is 39.1 Å². The summed E-state index contributed by atoms with van der Waals surface area (Å²) in [5, 5.41) is 0. The molecule has 13 nitrogen and oxygen atoms in total. The van der Waals surface area contributed by atoms with E-state index in [0.29, 0.717) is 0 Å². The van der Waals surface area contributed by atoms with Gasteiger partial charge in [-0.15, -0.1) is 0 Å². The maximum atomic E-state index is 11.5. The average Bonchev–Trinajstić information content (AvgIpc) is 2.20. The summed E-state index contributed by atoms with van der Waals surface area (Å²) in [4.78, 5) is 72.8. The van der Waals surface area contributed by atoms with Gasteiger partial charge in [-0.25, -0.2) is 4.90 Å². The average molecular weight is 442 g/mol. The number of hydrogen-bond donors (Lipinski definition) is 8. The smallest absolute Gasteiger partial charge is 0.323 e. The van der Waals surface area contributed by atoms with Gasteiger partial charge in [0.15, 0.2) is 0 Å². The van der Waals surface area contributed by atoms with Crippen LogP contribution in [0.2, 0.25) is 0 Å². The molecule has 0 saturated heterocycles. The molecule has 0 aromatic heterocycles. The first-order chi connectivity index (χ1) is 9.81. The molecule has 0 amide bonds. The number of rotatable bonds is 8. The fourth-order valence-corrected chi connectivity index (χ4v) is 7.72. The van der Waals surface area contributed by atoms with Gasteiger partial charge in [0.25, 0.3) is 0 Å². The number of alkyl halides is 1. The lowest BCUT2D eigenvalue weighted by atomic mass is 10.5. The Bertz CT molecular complexity index is 569. The van der Waals surface area contributed by atoms with E-state index in [1.165, 1.54) is 6.92 Å². The van der Waals surface area contributed by atoms with Crippen LogP contribution in [-0.4, -0.2) is 60.6 Å². The van der Waals surface area contributed by atoms with E-state index in [-0.39, 0.29) is 6.42 Å². The van der Waals surface area contributed by atoms with Crippen LogP contribution < -0.4 is 0 Å². The topological polar surface area (TPSA) is 233 Å². The third-order valence-corrected chi connectivity index (χ3v) is 11.1. The highest BCUT2D eigenvalue weighted by Crippen LogP contribution is 2.76. The SMILES string of the molecule is CCCN(C(P(=O)(O)O)P(=O)(O)O)C(Cl)(P(=O)(O)O)P(=O)(O)O. The third-order valence-electron chi connectivity index (χ3n) is 2.45. The molecule has 0 unspecified atom stereocenters. The van der Waals surface area contributed by atoms with Gasteiger partial charge in [-0.3, -0.25) is 18.3 Å². The lowest BCUT2D eigenvalue weighted by Crippen LogP contribution is -2.49. The van der Waals surface area contributed by atoms with Crippen LogP contribution >= 0.6 is 42.0 Å². The predicted octanol–water partition coefficient (Wildman–Crippen LogP) is -0.457. The fourth-order valence-electron chi connectivity index (χ4n) is 1.71. The monoisotopic (exact) mass is 441 g/mol. The van der Waals surface area contributed by atoms with Gasteiger partial charge in [0.1, 0.15) is 0 Å². The highest BCUT2D eigenvalue weighted by Gasteiger charge is 2.68. The van der Waals surface area contributed by atoms with Gasteiger partial charge in [0, 0.05) is 6.54 Å². The summed E-state index contributed by atoms with van der Waals surface area (Å²) in [5.74, 6) is 0. The second-order valence-corrected chi connectivity index (χ2v) is 13.0. The standard InChI is InChI=1S/C5H16ClNO12P4/c1-2-3-7(4(20(8,9)10)21(11,12)13)5(6,22(14,15)16)23(17,18)19/h4H,2-3H2,1H3,(H2,8,9,10)(H2,11,12,13)(H2,14,15,16)(H2,17,18,19). The van der Waals surface area contributed by atoms with Crippen molar-refractivity contribution in [1.82, 2.24) is 4.90 Å². The largest absolute Gasteiger partial charge is 0.373 e. The summed E-state index contributed by atoms with van der Waals surface area (Å²) in [6, 6.07) is 0. The van der Waals surface area contributed by atoms with E-state index in [2.05, 4.69) is 0 Å². The van der Waals surface area contributed by atoms with Gasteiger partial charge in [-0.2, -0.15) is 0 Å². The van der Waals surface area contributed by atoms with E-state index in [9.17, 15) is 37.8 Å². The minimum Gasteiger partial charge on any atom is -0.323 e. The zero-order valence-corrected chi connectivity index (χ0v) is 15.6. The van der Waals surface area contributed by atoms with Gasteiger partial charge in [-0.05, 0) is 6.42 Å². The first-order valence-electron chi connectivity index (χ1n) is 5.49. The Kier molecular flexibility index (Phi) is 7.49. The second-order valence-electron chi connectivity index (χ2n) is 4.36. The molecule has 0 fully saturated rings. The molecule has 0 heterocycles. The minimum atomic E-state index is -6.05. The highest BCUT2D eigenvalue weighted by atomic mass is 35.5. The molecule has 0 aliphatic rings. The molecular formula is C5H16ClNO12P4. The molecule has 0 bridgehead atoms. The van der Waals surface area contributed by atoms with Crippen molar-refractivity contribution in [3.8, 4) is 0 Å². The minimum absolute atomic E-state index is 0.259. The molecule has 0 atom stereocenters. The van der Waals surface area contributed by atoms with Crippen LogP contribution in [0.25, 0.3) is 0 Å². The van der Waals surface area contributed by atoms with Crippen LogP contribution in [-0.2, 0) is 18.3 Å². The quantitative estimate of drug-likeness (QED) is 0.135. The van der Waals surface area contributed by atoms with Crippen molar-refractivity contribution in [3.05, 3.63) is 0 Å². The summed E-state index contributed by atoms with van der Waals surface area (Å²) in [6.45, 7) is 0.306. The molecule has 0 aromatic rings. The molecular weight excluding hydrogens is 425 g/mol. The Labute approximate surface area is 134 Å². The zero-order valence-electron chi connectivity index (χ0n) is 11.3. The second kappa shape index (κ2) is 7.23. The molecule has 140 valence electrons. The van der Waals surface area contributed by atoms with Crippen LogP contribution in [0.15, 0.2) is 0 Å². The molecule has 0 aliphatic carbocycles. The molecule has 18 heteroatoms. The van der Waals surface area contributed by atoms with Gasteiger partial charge in [0.05, 0.1) is 0 Å². The van der Waals surface area contributed by atoms with Crippen LogP contribution in [0.3, 0.4) is 0 Å². The first kappa shape index (κ1) is 23.9. The summed E-state index contributed by atoms with van der Waals surface area (Å²) in [6.07, 6.45) is -0.259. The normalized spacial score (nSPS) is 15.5. The van der Waals surface area contributed by atoms with E-state index in [1.54, 1.807) is 0 Å². The Hall–Kier alpha value is 0.850. The Balaban J connectivity index is 6.76. The van der Waals surface area contributed by atoms with E-state index < -0.39 is 51.8 Å². The molecule has 0 aliphatic heterocycles. The van der Waals surface area contributed by atoms with Crippen molar-refractivity contribution in [2.45, 2.75) is 23.3 Å². The summed E-state index contributed by atoms with van der Waals surface area (Å²) < 4.78 is 41.7. The van der Waals surface area contributed by atoms with Crippen molar-refractivity contribution in [1.29, 1.82) is 0 Å². The maximum Gasteiger partial charge on any atom is 0.373 e. The maximum absolute atomic E-state index is 11.5. The van der Waals surface area contributed by atoms with Crippen LogP contribution in [0, 0.1) is 0 Å². The highest BCUT2D eigenvalue weighted by molar-refractivity contribution is 7.75. The zero-order chi connectivity index (χ0) is 19.1. The van der Waals surface area contributed by atoms with Crippen LogP contribution in [0.4, 0.5) is 0 Å². The van der Waals surface area contributed by atoms with E-state index in [1.807, 2.05) is 0 Å². The number of halogens is 1. The molecule has 23 heavy (non-hydrogen) atoms. The van der Waals surface area contributed by atoms with Gasteiger partial charge in [-0.1, -0.05) is 18.5 Å². The Morgan fingerprint density at radius 1 is 0.870 bits per heavy atom. The van der Waals surface area contributed by atoms with Crippen LogP contribution in [0.1, 0.15) is 13.3 Å². The van der Waals surface area contributed by atoms with Crippen molar-refractivity contribution in [2.75, 3.05) is 6.54 Å². The molecule has 0 saturated carbocycles. The van der Waals surface area contributed by atoms with Crippen molar-refractivity contribution in [2.24, 2.45) is 0 Å². The number of hydrogen-bond acceptors (Lipinski definition) is 5. The van der Waals surface area contributed by atoms with Gasteiger partial charge in [0.2, 0.25) is 5.52 Å². The first-order valence-corrected chi connectivity index (χ1v) is 12.5. The molecule has 0 spiro atoms. The lowest BCUT2D eigenvalue weighted by molar-refractivity contribution is 0.183. The Morgan fingerprint density at radius 3 is 1.35 bits per heavy atom. The fraction of sp³-hybridized carbons (Fsp3) is 1.00. The lowest BCUT2D eigenvalue weighted by Gasteiger charge is -2.42. The van der Waals surface area contributed by atoms with E-state index in [0.717, 1.165) is 0 Å². The van der Waals surface area contributed by atoms with Crippen molar-refractivity contribution in [3.63, 3.8) is 0 Å². The predicted molar refractivity (Wildman–Crippen MR) is 77.5 cm³/mol. The van der Waals surface area contributed by atoms with Crippen molar-refractivity contribution >= 4 is 42.0 Å². The third kappa shape index (κ3) is 5.17. The van der Waals surface area contributed by atoms with Crippen LogP contribution in [0.5, 0.6) is 0 Å². The number of nitrogens with zero attached hydrogens (tertiary/aromatic N) is 1. The molecule has 0 aromatic carbocycles. The summed E-state index contributed by atoms with van der Waals surface area (Å²) in [5.41, 5.74) is -3.26.